The molecule has 6 nitrogen and oxygen atoms in total. The van der Waals surface area contributed by atoms with Crippen LogP contribution in [0.15, 0.2) is 35.5 Å². The SMILES string of the molecule is CC(C)=CCCC(C)=CCCC=CCOCP(=O)(CP(=O)(O)O)OC(C)C. The van der Waals surface area contributed by atoms with E-state index in [1.54, 1.807) is 13.8 Å². The quantitative estimate of drug-likeness (QED) is 0.208. The topological polar surface area (TPSA) is 93.1 Å². The van der Waals surface area contributed by atoms with Crippen LogP contribution in [0.25, 0.3) is 0 Å². The summed E-state index contributed by atoms with van der Waals surface area (Å²) in [5.74, 6) is -0.793. The summed E-state index contributed by atoms with van der Waals surface area (Å²) in [6.45, 7) is 9.91. The molecule has 1 unspecified atom stereocenters. The van der Waals surface area contributed by atoms with Gasteiger partial charge in [-0.1, -0.05) is 35.5 Å². The lowest BCUT2D eigenvalue weighted by Crippen LogP contribution is -2.09. The molecule has 0 saturated heterocycles. The van der Waals surface area contributed by atoms with Crippen LogP contribution in [0, 0.1) is 0 Å². The summed E-state index contributed by atoms with van der Waals surface area (Å²) in [7, 11) is -7.96. The molecule has 0 radical (unpaired) electrons. The Labute approximate surface area is 164 Å². The fraction of sp³-hybridized carbons (Fsp3) is 0.684. The minimum Gasteiger partial charge on any atom is -0.367 e. The first-order chi connectivity index (χ1) is 12.4. The smallest absolute Gasteiger partial charge is 0.335 e. The van der Waals surface area contributed by atoms with E-state index in [-0.39, 0.29) is 13.0 Å². The molecule has 1 atom stereocenters. The van der Waals surface area contributed by atoms with E-state index in [2.05, 4.69) is 32.9 Å². The number of allylic oxidation sites excluding steroid dienone is 5. The lowest BCUT2D eigenvalue weighted by atomic mass is 10.1. The summed E-state index contributed by atoms with van der Waals surface area (Å²) in [6, 6.07) is 0. The van der Waals surface area contributed by atoms with Gasteiger partial charge < -0.3 is 19.0 Å². The largest absolute Gasteiger partial charge is 0.367 e. The van der Waals surface area contributed by atoms with Gasteiger partial charge in [0.1, 0.15) is 12.3 Å². The van der Waals surface area contributed by atoms with E-state index in [1.807, 2.05) is 12.2 Å². The Balaban J connectivity index is 4.18. The molecule has 0 aliphatic heterocycles. The van der Waals surface area contributed by atoms with Crippen LogP contribution >= 0.6 is 15.0 Å². The lowest BCUT2D eigenvalue weighted by Gasteiger charge is -2.21. The highest BCUT2D eigenvalue weighted by atomic mass is 31.2. The van der Waals surface area contributed by atoms with Crippen molar-refractivity contribution in [3.63, 3.8) is 0 Å². The molecular weight excluding hydrogens is 386 g/mol. The summed E-state index contributed by atoms with van der Waals surface area (Å²) in [6.07, 6.45) is 11.6. The summed E-state index contributed by atoms with van der Waals surface area (Å²) >= 11 is 0. The Kier molecular flexibility index (Phi) is 13.4. The molecular formula is C19H36O6P2. The molecule has 0 aromatic heterocycles. The van der Waals surface area contributed by atoms with E-state index in [0.29, 0.717) is 0 Å². The van der Waals surface area contributed by atoms with Crippen molar-refractivity contribution in [1.29, 1.82) is 0 Å². The van der Waals surface area contributed by atoms with Crippen molar-refractivity contribution >= 4 is 15.0 Å². The van der Waals surface area contributed by atoms with Crippen molar-refractivity contribution in [3.8, 4) is 0 Å². The van der Waals surface area contributed by atoms with Crippen molar-refractivity contribution < 1.29 is 28.2 Å². The zero-order valence-electron chi connectivity index (χ0n) is 17.3. The van der Waals surface area contributed by atoms with Gasteiger partial charge in [-0.15, -0.1) is 0 Å². The lowest BCUT2D eigenvalue weighted by molar-refractivity contribution is 0.174. The van der Waals surface area contributed by atoms with Gasteiger partial charge in [0.2, 0.25) is 7.37 Å². The third-order valence-corrected chi connectivity index (χ3v) is 7.97. The predicted molar refractivity (Wildman–Crippen MR) is 112 cm³/mol. The molecule has 0 saturated carbocycles. The van der Waals surface area contributed by atoms with Crippen molar-refractivity contribution in [2.24, 2.45) is 0 Å². The third kappa shape index (κ3) is 17.4. The maximum Gasteiger partial charge on any atom is 0.335 e. The van der Waals surface area contributed by atoms with Gasteiger partial charge in [0, 0.05) is 0 Å². The number of hydrogen-bond donors (Lipinski definition) is 2. The second-order valence-corrected chi connectivity index (χ2v) is 11.8. The number of unbranched alkanes of at least 4 members (excludes halogenated alkanes) is 1. The van der Waals surface area contributed by atoms with E-state index >= 15 is 0 Å². The highest BCUT2D eigenvalue weighted by molar-refractivity contribution is 7.73. The molecule has 0 aliphatic rings. The van der Waals surface area contributed by atoms with Crippen LogP contribution in [0.4, 0.5) is 0 Å². The highest BCUT2D eigenvalue weighted by Gasteiger charge is 2.33. The van der Waals surface area contributed by atoms with Gasteiger partial charge in [0.25, 0.3) is 0 Å². The van der Waals surface area contributed by atoms with E-state index in [1.165, 1.54) is 11.1 Å². The van der Waals surface area contributed by atoms with Gasteiger partial charge in [0.05, 0.1) is 12.7 Å². The Morgan fingerprint density at radius 1 is 1.00 bits per heavy atom. The first-order valence-electron chi connectivity index (χ1n) is 9.26. The molecule has 2 N–H and O–H groups in total. The maximum atomic E-state index is 12.5. The molecule has 0 fully saturated rings. The normalized spacial score (nSPS) is 15.3. The molecule has 0 amide bonds. The van der Waals surface area contributed by atoms with E-state index in [0.717, 1.165) is 25.7 Å². The van der Waals surface area contributed by atoms with Crippen LogP contribution in [-0.4, -0.2) is 34.7 Å². The summed E-state index contributed by atoms with van der Waals surface area (Å²) in [4.78, 5) is 18.1. The zero-order chi connectivity index (χ0) is 20.9. The van der Waals surface area contributed by atoms with Gasteiger partial charge in [-0.25, -0.2) is 0 Å². The van der Waals surface area contributed by atoms with E-state index in [4.69, 9.17) is 19.0 Å². The Bertz CT molecular complexity index is 597. The molecule has 27 heavy (non-hydrogen) atoms. The van der Waals surface area contributed by atoms with Crippen LogP contribution in [0.5, 0.6) is 0 Å². The molecule has 0 aromatic rings. The fourth-order valence-corrected chi connectivity index (χ4v) is 6.38. The molecule has 8 heteroatoms. The van der Waals surface area contributed by atoms with Gasteiger partial charge in [-0.05, 0) is 60.3 Å². The number of ether oxygens (including phenoxy) is 1. The van der Waals surface area contributed by atoms with Gasteiger partial charge in [-0.3, -0.25) is 9.13 Å². The Hall–Kier alpha value is -0.480. The molecule has 0 heterocycles. The first kappa shape index (κ1) is 26.5. The monoisotopic (exact) mass is 422 g/mol. The molecule has 0 aromatic carbocycles. The second kappa shape index (κ2) is 13.7. The average molecular weight is 422 g/mol. The molecule has 0 rings (SSSR count). The molecule has 0 aliphatic carbocycles. The summed E-state index contributed by atoms with van der Waals surface area (Å²) in [5, 5.41) is 0. The first-order valence-corrected chi connectivity index (χ1v) is 13.1. The second-order valence-electron chi connectivity index (χ2n) is 7.19. The van der Waals surface area contributed by atoms with Crippen LogP contribution < -0.4 is 0 Å². The van der Waals surface area contributed by atoms with Crippen LogP contribution in [-0.2, 0) is 18.4 Å². The Morgan fingerprint density at radius 3 is 2.22 bits per heavy atom. The number of hydrogen-bond acceptors (Lipinski definition) is 4. The Morgan fingerprint density at radius 2 is 1.67 bits per heavy atom. The zero-order valence-corrected chi connectivity index (χ0v) is 19.0. The standard InChI is InChI=1S/C19H36O6P2/c1-17(2)11-10-13-19(5)12-8-6-7-9-14-24-15-26(20,25-18(3)4)16-27(21,22)23/h7,9,11-12,18H,6,8,10,13-16H2,1-5H3,(H2,21,22,23). The van der Waals surface area contributed by atoms with Crippen molar-refractivity contribution in [1.82, 2.24) is 0 Å². The fourth-order valence-electron chi connectivity index (χ4n) is 2.33. The van der Waals surface area contributed by atoms with Crippen molar-refractivity contribution in [3.05, 3.63) is 35.5 Å². The summed E-state index contributed by atoms with van der Waals surface area (Å²) in [5.41, 5.74) is 2.72. The van der Waals surface area contributed by atoms with Crippen molar-refractivity contribution in [2.45, 2.75) is 66.4 Å². The van der Waals surface area contributed by atoms with Gasteiger partial charge >= 0.3 is 7.60 Å². The maximum absolute atomic E-state index is 12.5. The summed E-state index contributed by atoms with van der Waals surface area (Å²) < 4.78 is 34.2. The minimum absolute atomic E-state index is 0.232. The van der Waals surface area contributed by atoms with Crippen molar-refractivity contribution in [2.75, 3.05) is 18.9 Å². The molecule has 0 spiro atoms. The average Bonchev–Trinajstić information content (AvgIpc) is 2.46. The van der Waals surface area contributed by atoms with Crippen LogP contribution in [0.1, 0.15) is 60.3 Å². The van der Waals surface area contributed by atoms with Gasteiger partial charge in [0.15, 0.2) is 0 Å². The molecule has 158 valence electrons. The van der Waals surface area contributed by atoms with Crippen LogP contribution in [0.2, 0.25) is 0 Å². The van der Waals surface area contributed by atoms with Crippen LogP contribution in [0.3, 0.4) is 0 Å². The third-order valence-electron chi connectivity index (χ3n) is 3.39. The van der Waals surface area contributed by atoms with E-state index in [9.17, 15) is 9.13 Å². The highest BCUT2D eigenvalue weighted by Crippen LogP contribution is 2.58. The molecule has 0 bridgehead atoms. The predicted octanol–water partition coefficient (Wildman–Crippen LogP) is 5.83. The van der Waals surface area contributed by atoms with E-state index < -0.39 is 27.0 Å². The van der Waals surface area contributed by atoms with Gasteiger partial charge in [-0.2, -0.15) is 0 Å². The number of rotatable bonds is 14. The minimum atomic E-state index is -4.43.